The number of carbonyl (C=O) groups excluding carboxylic acids is 1. The van der Waals surface area contributed by atoms with Gasteiger partial charge in [0.2, 0.25) is 0 Å². The fraction of sp³-hybridized carbons (Fsp3) is 0.0556. The van der Waals surface area contributed by atoms with Gasteiger partial charge in [-0.1, -0.05) is 30.3 Å². The lowest BCUT2D eigenvalue weighted by atomic mass is 10.1. The third-order valence-corrected chi connectivity index (χ3v) is 4.82. The molecule has 4 N–H and O–H groups in total. The van der Waals surface area contributed by atoms with E-state index in [1.54, 1.807) is 48.5 Å². The third-order valence-electron chi connectivity index (χ3n) is 3.65. The van der Waals surface area contributed by atoms with Crippen LogP contribution in [-0.4, -0.2) is 26.3 Å². The molecule has 1 aromatic heterocycles. The van der Waals surface area contributed by atoms with Gasteiger partial charge in [-0.15, -0.1) is 0 Å². The number of benzene rings is 2. The van der Waals surface area contributed by atoms with Crippen LogP contribution in [0.4, 0.5) is 11.5 Å². The maximum atomic E-state index is 12.4. The van der Waals surface area contributed by atoms with Gasteiger partial charge in [-0.25, -0.2) is 19.0 Å². The van der Waals surface area contributed by atoms with Crippen molar-refractivity contribution in [1.29, 1.82) is 4.78 Å². The molecule has 1 heterocycles. The van der Waals surface area contributed by atoms with Crippen LogP contribution >= 0.6 is 0 Å². The zero-order chi connectivity index (χ0) is 18.7. The van der Waals surface area contributed by atoms with Crippen LogP contribution < -0.4 is 11.1 Å². The molecule has 0 aliphatic heterocycles. The number of anilines is 2. The quantitative estimate of drug-likeness (QED) is 0.654. The standard InChI is InChI=1S/C18H17N5O2S/c1-26(20,25)14-9-7-12(8-10-14)15-11-21-17(19)16(23-15)18(24)22-13-5-3-2-4-6-13/h2-11,20H,1H3,(H2,19,21)(H,22,24). The summed E-state index contributed by atoms with van der Waals surface area (Å²) in [6, 6.07) is 15.6. The molecule has 8 heteroatoms. The van der Waals surface area contributed by atoms with Gasteiger partial charge in [0, 0.05) is 22.4 Å². The van der Waals surface area contributed by atoms with E-state index < -0.39 is 15.6 Å². The second-order valence-corrected chi connectivity index (χ2v) is 7.84. The summed E-state index contributed by atoms with van der Waals surface area (Å²) in [7, 11) is -2.78. The number of carbonyl (C=O) groups is 1. The Kier molecular flexibility index (Phi) is 4.68. The van der Waals surface area contributed by atoms with Gasteiger partial charge in [0.05, 0.1) is 21.6 Å². The van der Waals surface area contributed by atoms with E-state index in [0.29, 0.717) is 21.8 Å². The van der Waals surface area contributed by atoms with E-state index in [4.69, 9.17) is 10.5 Å². The highest BCUT2D eigenvalue weighted by atomic mass is 32.2. The Morgan fingerprint density at radius 2 is 1.77 bits per heavy atom. The van der Waals surface area contributed by atoms with Crippen molar-refractivity contribution in [2.24, 2.45) is 0 Å². The van der Waals surface area contributed by atoms with Gasteiger partial charge in [-0.05, 0) is 24.3 Å². The summed E-state index contributed by atoms with van der Waals surface area (Å²) in [4.78, 5) is 21.2. The van der Waals surface area contributed by atoms with Crippen LogP contribution in [0.5, 0.6) is 0 Å². The molecule has 1 amide bonds. The number of nitrogens with one attached hydrogen (secondary N) is 2. The monoisotopic (exact) mass is 367 g/mol. The topological polar surface area (TPSA) is 122 Å². The SMILES string of the molecule is CS(=N)(=O)c1ccc(-c2cnc(N)c(C(=O)Nc3ccccc3)n2)cc1. The summed E-state index contributed by atoms with van der Waals surface area (Å²) in [5, 5.41) is 2.72. The Labute approximate surface area is 151 Å². The Hall–Kier alpha value is -3.26. The van der Waals surface area contributed by atoms with Crippen LogP contribution in [0.15, 0.2) is 65.7 Å². The van der Waals surface area contributed by atoms with Gasteiger partial charge in [0.1, 0.15) is 0 Å². The van der Waals surface area contributed by atoms with Crippen molar-refractivity contribution < 1.29 is 9.00 Å². The highest BCUT2D eigenvalue weighted by Crippen LogP contribution is 2.21. The summed E-state index contributed by atoms with van der Waals surface area (Å²) in [6.07, 6.45) is 2.82. The zero-order valence-electron chi connectivity index (χ0n) is 14.0. The molecule has 0 saturated carbocycles. The van der Waals surface area contributed by atoms with Crippen LogP contribution in [0.2, 0.25) is 0 Å². The average Bonchev–Trinajstić information content (AvgIpc) is 2.62. The number of para-hydroxylation sites is 1. The molecule has 7 nitrogen and oxygen atoms in total. The molecule has 1 unspecified atom stereocenters. The highest BCUT2D eigenvalue weighted by molar-refractivity contribution is 7.91. The lowest BCUT2D eigenvalue weighted by molar-refractivity contribution is 0.102. The lowest BCUT2D eigenvalue weighted by Crippen LogP contribution is -2.17. The zero-order valence-corrected chi connectivity index (χ0v) is 14.8. The first-order valence-corrected chi connectivity index (χ1v) is 9.64. The van der Waals surface area contributed by atoms with Gasteiger partial charge >= 0.3 is 0 Å². The maximum Gasteiger partial charge on any atom is 0.278 e. The summed E-state index contributed by atoms with van der Waals surface area (Å²) in [6.45, 7) is 0. The van der Waals surface area contributed by atoms with Gasteiger partial charge < -0.3 is 11.1 Å². The van der Waals surface area contributed by atoms with E-state index in [-0.39, 0.29) is 11.5 Å². The molecule has 0 aliphatic carbocycles. The predicted octanol–water partition coefficient (Wildman–Crippen LogP) is 3.01. The number of nitrogen functional groups attached to an aromatic ring is 1. The minimum atomic E-state index is -2.78. The van der Waals surface area contributed by atoms with Crippen molar-refractivity contribution >= 4 is 27.1 Å². The number of nitrogens with zero attached hydrogens (tertiary/aromatic N) is 2. The normalized spacial score (nSPS) is 13.0. The summed E-state index contributed by atoms with van der Waals surface area (Å²) >= 11 is 0. The first-order valence-electron chi connectivity index (χ1n) is 7.68. The predicted molar refractivity (Wildman–Crippen MR) is 101 cm³/mol. The molecule has 3 rings (SSSR count). The van der Waals surface area contributed by atoms with Crippen molar-refractivity contribution in [1.82, 2.24) is 9.97 Å². The molecule has 0 bridgehead atoms. The summed E-state index contributed by atoms with van der Waals surface area (Å²) in [5.41, 5.74) is 7.59. The van der Waals surface area contributed by atoms with Gasteiger partial charge in [0.15, 0.2) is 11.5 Å². The number of nitrogens with two attached hydrogens (primary N) is 1. The molecular weight excluding hydrogens is 350 g/mol. The average molecular weight is 367 g/mol. The molecule has 0 aliphatic rings. The molecule has 0 radical (unpaired) electrons. The van der Waals surface area contributed by atoms with Gasteiger partial charge in [-0.3, -0.25) is 4.79 Å². The van der Waals surface area contributed by atoms with Crippen molar-refractivity contribution in [2.45, 2.75) is 4.90 Å². The van der Waals surface area contributed by atoms with Crippen LogP contribution in [0.1, 0.15) is 10.5 Å². The van der Waals surface area contributed by atoms with Crippen molar-refractivity contribution in [3.63, 3.8) is 0 Å². The molecule has 132 valence electrons. The van der Waals surface area contributed by atoms with E-state index in [1.165, 1.54) is 12.5 Å². The molecule has 0 saturated heterocycles. The first kappa shape index (κ1) is 17.6. The second kappa shape index (κ2) is 6.93. The molecular formula is C18H17N5O2S. The first-order chi connectivity index (χ1) is 12.3. The van der Waals surface area contributed by atoms with E-state index in [2.05, 4.69) is 15.3 Å². The number of aromatic nitrogens is 2. The van der Waals surface area contributed by atoms with Crippen LogP contribution in [0, 0.1) is 4.78 Å². The Bertz CT molecular complexity index is 1050. The largest absolute Gasteiger partial charge is 0.382 e. The number of hydrogen-bond acceptors (Lipinski definition) is 6. The Morgan fingerprint density at radius 3 is 2.38 bits per heavy atom. The molecule has 3 aromatic rings. The molecule has 0 fully saturated rings. The van der Waals surface area contributed by atoms with E-state index in [9.17, 15) is 9.00 Å². The van der Waals surface area contributed by atoms with E-state index >= 15 is 0 Å². The van der Waals surface area contributed by atoms with E-state index in [1.807, 2.05) is 6.07 Å². The second-order valence-electron chi connectivity index (χ2n) is 5.68. The molecule has 26 heavy (non-hydrogen) atoms. The lowest BCUT2D eigenvalue weighted by Gasteiger charge is -2.09. The number of rotatable bonds is 4. The van der Waals surface area contributed by atoms with Gasteiger partial charge in [-0.2, -0.15) is 0 Å². The minimum absolute atomic E-state index is 0.0233. The van der Waals surface area contributed by atoms with E-state index in [0.717, 1.165) is 0 Å². The van der Waals surface area contributed by atoms with Crippen LogP contribution in [0.3, 0.4) is 0 Å². The van der Waals surface area contributed by atoms with Gasteiger partial charge in [0.25, 0.3) is 5.91 Å². The third kappa shape index (κ3) is 3.86. The smallest absolute Gasteiger partial charge is 0.278 e. The molecule has 2 aromatic carbocycles. The minimum Gasteiger partial charge on any atom is -0.382 e. The maximum absolute atomic E-state index is 12.4. The fourth-order valence-corrected chi connectivity index (χ4v) is 2.96. The molecule has 1 atom stereocenters. The van der Waals surface area contributed by atoms with Crippen molar-refractivity contribution in [3.8, 4) is 11.3 Å². The fourth-order valence-electron chi connectivity index (χ4n) is 2.30. The van der Waals surface area contributed by atoms with Crippen molar-refractivity contribution in [2.75, 3.05) is 17.3 Å². The molecule has 0 spiro atoms. The Balaban J connectivity index is 1.91. The summed E-state index contributed by atoms with van der Waals surface area (Å²) in [5.74, 6) is -0.427. The Morgan fingerprint density at radius 1 is 1.12 bits per heavy atom. The number of hydrogen-bond donors (Lipinski definition) is 3. The van der Waals surface area contributed by atoms with Crippen LogP contribution in [-0.2, 0) is 9.73 Å². The number of amides is 1. The summed E-state index contributed by atoms with van der Waals surface area (Å²) < 4.78 is 19.4. The van der Waals surface area contributed by atoms with Crippen LogP contribution in [0.25, 0.3) is 11.3 Å². The highest BCUT2D eigenvalue weighted by Gasteiger charge is 2.15. The van der Waals surface area contributed by atoms with Crippen molar-refractivity contribution in [3.05, 3.63) is 66.5 Å².